The van der Waals surface area contributed by atoms with E-state index < -0.39 is 0 Å². The number of aromatic nitrogens is 3. The number of hydrogen-bond acceptors (Lipinski definition) is 5. The molecule has 4 rings (SSSR count). The van der Waals surface area contributed by atoms with E-state index in [0.717, 1.165) is 55.0 Å². The maximum absolute atomic E-state index is 13.5. The van der Waals surface area contributed by atoms with Crippen molar-refractivity contribution in [3.05, 3.63) is 77.4 Å². The first-order valence-corrected chi connectivity index (χ1v) is 13.1. The molecule has 2 amide bonds. The Kier molecular flexibility index (Phi) is 9.06. The van der Waals surface area contributed by atoms with Gasteiger partial charge < -0.3 is 9.80 Å². The van der Waals surface area contributed by atoms with E-state index in [2.05, 4.69) is 21.0 Å². The van der Waals surface area contributed by atoms with Crippen molar-refractivity contribution in [2.24, 2.45) is 7.05 Å². The average molecular weight is 503 g/mol. The lowest BCUT2D eigenvalue weighted by Crippen LogP contribution is -2.38. The Morgan fingerprint density at radius 1 is 1.00 bits per heavy atom. The van der Waals surface area contributed by atoms with Gasteiger partial charge in [0.25, 0.3) is 0 Å². The molecule has 1 aromatic carbocycles. The van der Waals surface area contributed by atoms with Crippen LogP contribution in [0.5, 0.6) is 0 Å². The van der Waals surface area contributed by atoms with Crippen LogP contribution >= 0.6 is 0 Å². The summed E-state index contributed by atoms with van der Waals surface area (Å²) in [6, 6.07) is 12.0. The Hall–Kier alpha value is -3.52. The van der Waals surface area contributed by atoms with Crippen LogP contribution in [0, 0.1) is 6.92 Å². The van der Waals surface area contributed by atoms with Crippen LogP contribution in [0.4, 0.5) is 5.69 Å². The lowest BCUT2D eigenvalue weighted by atomic mass is 10.1. The molecule has 0 saturated carbocycles. The van der Waals surface area contributed by atoms with Crippen molar-refractivity contribution in [3.8, 4) is 0 Å². The number of hydrogen-bond donors (Lipinski definition) is 0. The molecule has 0 saturated heterocycles. The molecule has 0 aliphatic carbocycles. The van der Waals surface area contributed by atoms with Gasteiger partial charge in [-0.05, 0) is 55.0 Å². The molecule has 1 aliphatic heterocycles. The van der Waals surface area contributed by atoms with E-state index in [1.165, 1.54) is 5.56 Å². The summed E-state index contributed by atoms with van der Waals surface area (Å²) in [5.41, 5.74) is 5.16. The van der Waals surface area contributed by atoms with E-state index in [-0.39, 0.29) is 11.8 Å². The lowest BCUT2D eigenvalue weighted by molar-refractivity contribution is -0.131. The van der Waals surface area contributed by atoms with Crippen LogP contribution in [-0.4, -0.2) is 62.6 Å². The summed E-state index contributed by atoms with van der Waals surface area (Å²) < 4.78 is 1.80. The highest BCUT2D eigenvalue weighted by Crippen LogP contribution is 2.24. The molecule has 8 nitrogen and oxygen atoms in total. The van der Waals surface area contributed by atoms with Crippen molar-refractivity contribution in [1.29, 1.82) is 0 Å². The normalized spacial score (nSPS) is 15.5. The molecule has 196 valence electrons. The first-order chi connectivity index (χ1) is 17.9. The Balaban J connectivity index is 1.55. The zero-order valence-electron chi connectivity index (χ0n) is 22.3. The van der Waals surface area contributed by atoms with Crippen LogP contribution in [-0.2, 0) is 36.1 Å². The molecular formula is C29H38N6O2. The summed E-state index contributed by atoms with van der Waals surface area (Å²) in [5.74, 6) is 0.150. The number of carbonyl (C=O) groups is 2. The van der Waals surface area contributed by atoms with Gasteiger partial charge in [0, 0.05) is 83.9 Å². The molecule has 0 atom stereocenters. The second-order valence-electron chi connectivity index (χ2n) is 9.87. The molecule has 0 spiro atoms. The van der Waals surface area contributed by atoms with Crippen molar-refractivity contribution >= 4 is 17.5 Å². The molecule has 8 heteroatoms. The Bertz CT molecular complexity index is 1190. The summed E-state index contributed by atoms with van der Waals surface area (Å²) >= 11 is 0. The van der Waals surface area contributed by atoms with Crippen LogP contribution in [0.3, 0.4) is 0 Å². The number of nitrogens with zero attached hydrogens (tertiary/aromatic N) is 6. The zero-order chi connectivity index (χ0) is 26.2. The number of aryl methyl sites for hydroxylation is 3. The molecule has 0 radical (unpaired) electrons. The van der Waals surface area contributed by atoms with Crippen molar-refractivity contribution < 1.29 is 9.59 Å². The third-order valence-electron chi connectivity index (χ3n) is 6.99. The Labute approximate surface area is 219 Å². The van der Waals surface area contributed by atoms with Gasteiger partial charge >= 0.3 is 0 Å². The van der Waals surface area contributed by atoms with Crippen molar-refractivity contribution in [2.45, 2.75) is 52.6 Å². The first kappa shape index (κ1) is 26.5. The zero-order valence-corrected chi connectivity index (χ0v) is 22.3. The van der Waals surface area contributed by atoms with Gasteiger partial charge in [0.2, 0.25) is 11.8 Å². The quantitative estimate of drug-likeness (QED) is 0.532. The maximum atomic E-state index is 13.5. The topological polar surface area (TPSA) is 74.6 Å². The molecule has 3 heterocycles. The first-order valence-electron chi connectivity index (χ1n) is 13.1. The fourth-order valence-electron chi connectivity index (χ4n) is 5.10. The predicted octanol–water partition coefficient (Wildman–Crippen LogP) is 3.73. The second kappa shape index (κ2) is 12.6. The molecule has 37 heavy (non-hydrogen) atoms. The van der Waals surface area contributed by atoms with Crippen LogP contribution in [0.2, 0.25) is 0 Å². The molecular weight excluding hydrogens is 464 g/mol. The number of rotatable bonds is 5. The number of fused-ring (bicyclic) bond motifs is 1. The fraction of sp³-hybridized carbons (Fsp3) is 0.448. The number of pyridine rings is 1. The largest absolute Gasteiger partial charge is 0.338 e. The molecule has 3 aromatic rings. The summed E-state index contributed by atoms with van der Waals surface area (Å²) in [6.45, 7) is 7.96. The summed E-state index contributed by atoms with van der Waals surface area (Å²) in [4.78, 5) is 36.7. The van der Waals surface area contributed by atoms with Gasteiger partial charge in [-0.3, -0.25) is 24.2 Å². The molecule has 0 fully saturated rings. The van der Waals surface area contributed by atoms with Crippen LogP contribution in [0.15, 0.2) is 55.0 Å². The molecule has 2 aromatic heterocycles. The van der Waals surface area contributed by atoms with Crippen molar-refractivity contribution in [1.82, 2.24) is 24.6 Å². The summed E-state index contributed by atoms with van der Waals surface area (Å²) in [6.07, 6.45) is 8.56. The van der Waals surface area contributed by atoms with E-state index in [9.17, 15) is 9.59 Å². The minimum absolute atomic E-state index is 0.0215. The summed E-state index contributed by atoms with van der Waals surface area (Å²) in [5, 5.41) is 4.41. The van der Waals surface area contributed by atoms with E-state index in [0.29, 0.717) is 32.5 Å². The monoisotopic (exact) mass is 502 g/mol. The highest BCUT2D eigenvalue weighted by Gasteiger charge is 2.21. The second-order valence-corrected chi connectivity index (χ2v) is 9.87. The number of benzene rings is 1. The molecule has 0 bridgehead atoms. The smallest absolute Gasteiger partial charge is 0.223 e. The van der Waals surface area contributed by atoms with E-state index in [4.69, 9.17) is 0 Å². The van der Waals surface area contributed by atoms with E-state index >= 15 is 0 Å². The highest BCUT2D eigenvalue weighted by atomic mass is 16.2. The number of amides is 2. The predicted molar refractivity (Wildman–Crippen MR) is 145 cm³/mol. The van der Waals surface area contributed by atoms with Crippen molar-refractivity contribution in [2.75, 3.05) is 31.1 Å². The SMILES string of the molecule is CC(=O)N1CCCN(Cc2cccnc2)CCCN(C(=O)CCc2cn(C)nc2C)Cc2ccccc21. The third-order valence-corrected chi connectivity index (χ3v) is 6.99. The number of para-hydroxylation sites is 1. The van der Waals surface area contributed by atoms with Gasteiger partial charge in [0.1, 0.15) is 0 Å². The molecule has 0 N–H and O–H groups in total. The van der Waals surface area contributed by atoms with Crippen LogP contribution < -0.4 is 4.90 Å². The Morgan fingerprint density at radius 2 is 1.78 bits per heavy atom. The van der Waals surface area contributed by atoms with E-state index in [1.807, 2.05) is 66.5 Å². The minimum atomic E-state index is 0.0215. The van der Waals surface area contributed by atoms with Crippen LogP contribution in [0.25, 0.3) is 0 Å². The minimum Gasteiger partial charge on any atom is -0.338 e. The van der Waals surface area contributed by atoms with Gasteiger partial charge in [-0.15, -0.1) is 0 Å². The van der Waals surface area contributed by atoms with Crippen molar-refractivity contribution in [3.63, 3.8) is 0 Å². The average Bonchev–Trinajstić information content (AvgIpc) is 3.21. The van der Waals surface area contributed by atoms with E-state index in [1.54, 1.807) is 17.8 Å². The molecule has 1 aliphatic rings. The van der Waals surface area contributed by atoms with Gasteiger partial charge in [-0.25, -0.2) is 0 Å². The standard InChI is InChI=1S/C29H38N6O2/c1-23-26(21-32(3)31-23)12-13-29(37)34-17-7-15-33(20-25-9-6-14-30-19-25)16-8-18-35(24(2)36)28-11-5-4-10-27(28)22-34/h4-6,9-11,14,19,21H,7-8,12-13,15-18,20,22H2,1-3H3. The number of anilines is 1. The maximum Gasteiger partial charge on any atom is 0.223 e. The van der Waals surface area contributed by atoms with Gasteiger partial charge in [-0.1, -0.05) is 24.3 Å². The third kappa shape index (κ3) is 7.26. The Morgan fingerprint density at radius 3 is 2.49 bits per heavy atom. The van der Waals surface area contributed by atoms with Gasteiger partial charge in [0.05, 0.1) is 5.69 Å². The fourth-order valence-corrected chi connectivity index (χ4v) is 5.10. The van der Waals surface area contributed by atoms with Gasteiger partial charge in [-0.2, -0.15) is 5.10 Å². The summed E-state index contributed by atoms with van der Waals surface area (Å²) in [7, 11) is 1.91. The number of carbonyl (C=O) groups excluding carboxylic acids is 2. The van der Waals surface area contributed by atoms with Gasteiger partial charge in [0.15, 0.2) is 0 Å². The molecule has 0 unspecified atom stereocenters. The highest BCUT2D eigenvalue weighted by molar-refractivity contribution is 5.92. The lowest BCUT2D eigenvalue weighted by Gasteiger charge is -2.31. The van der Waals surface area contributed by atoms with Crippen LogP contribution in [0.1, 0.15) is 48.6 Å².